The minimum atomic E-state index is -0.189. The molecule has 1 N–H and O–H groups in total. The van der Waals surface area contributed by atoms with Gasteiger partial charge in [0.1, 0.15) is 12.4 Å². The smallest absolute Gasteiger partial charge is 0.255 e. The lowest BCUT2D eigenvalue weighted by molar-refractivity contribution is 0.102. The van der Waals surface area contributed by atoms with Crippen LogP contribution in [0.1, 0.15) is 21.5 Å². The van der Waals surface area contributed by atoms with Crippen molar-refractivity contribution in [2.75, 3.05) is 19.5 Å². The van der Waals surface area contributed by atoms with E-state index in [1.807, 2.05) is 55.5 Å². The average Bonchev–Trinajstić information content (AvgIpc) is 2.74. The number of hydrogen-bond acceptors (Lipinski definition) is 4. The summed E-state index contributed by atoms with van der Waals surface area (Å²) in [5.74, 6) is 1.82. The highest BCUT2D eigenvalue weighted by Crippen LogP contribution is 2.33. The molecule has 0 spiro atoms. The molecule has 0 aliphatic carbocycles. The Balaban J connectivity index is 1.66. The van der Waals surface area contributed by atoms with E-state index >= 15 is 0 Å². The minimum Gasteiger partial charge on any atom is -0.493 e. The maximum atomic E-state index is 12.6. The number of aryl methyl sites for hydroxylation is 1. The average molecular weight is 377 g/mol. The van der Waals surface area contributed by atoms with Crippen molar-refractivity contribution in [3.8, 4) is 17.2 Å². The third-order valence-corrected chi connectivity index (χ3v) is 4.34. The van der Waals surface area contributed by atoms with E-state index in [2.05, 4.69) is 5.32 Å². The Labute approximate surface area is 164 Å². The summed E-state index contributed by atoms with van der Waals surface area (Å²) in [7, 11) is 3.15. The maximum Gasteiger partial charge on any atom is 0.255 e. The van der Waals surface area contributed by atoms with Crippen LogP contribution < -0.4 is 19.5 Å². The first-order chi connectivity index (χ1) is 13.6. The van der Waals surface area contributed by atoms with E-state index in [4.69, 9.17) is 14.2 Å². The molecule has 0 bridgehead atoms. The molecule has 0 aliphatic heterocycles. The van der Waals surface area contributed by atoms with Crippen LogP contribution >= 0.6 is 0 Å². The van der Waals surface area contributed by atoms with Crippen LogP contribution in [-0.4, -0.2) is 20.1 Å². The van der Waals surface area contributed by atoms with Gasteiger partial charge in [-0.25, -0.2) is 0 Å². The number of methoxy groups -OCH3 is 2. The molecule has 0 radical (unpaired) electrons. The fourth-order valence-electron chi connectivity index (χ4n) is 2.75. The zero-order valence-electron chi connectivity index (χ0n) is 16.2. The number of rotatable bonds is 7. The zero-order valence-corrected chi connectivity index (χ0v) is 16.2. The highest BCUT2D eigenvalue weighted by Gasteiger charge is 2.12. The number of benzene rings is 3. The van der Waals surface area contributed by atoms with E-state index < -0.39 is 0 Å². The van der Waals surface area contributed by atoms with Crippen LogP contribution in [0.25, 0.3) is 0 Å². The summed E-state index contributed by atoms with van der Waals surface area (Å²) in [4.78, 5) is 12.6. The summed E-state index contributed by atoms with van der Waals surface area (Å²) in [5, 5.41) is 2.92. The lowest BCUT2D eigenvalue weighted by Crippen LogP contribution is -2.13. The van der Waals surface area contributed by atoms with Crippen molar-refractivity contribution >= 4 is 11.6 Å². The standard InChI is InChI=1S/C23H23NO4/c1-16-13-21(26-2)22(27-3)14-20(16)24-23(25)18-11-9-17(10-12-18)15-28-19-7-5-4-6-8-19/h4-14H,15H2,1-3H3,(H,24,25). The Bertz CT molecular complexity index is 937. The number of carbonyl (C=O) groups is 1. The van der Waals surface area contributed by atoms with Crippen molar-refractivity contribution in [1.82, 2.24) is 0 Å². The molecular formula is C23H23NO4. The molecule has 28 heavy (non-hydrogen) atoms. The SMILES string of the molecule is COc1cc(C)c(NC(=O)c2ccc(COc3ccccc3)cc2)cc1OC. The van der Waals surface area contributed by atoms with E-state index in [1.165, 1.54) is 0 Å². The van der Waals surface area contributed by atoms with Gasteiger partial charge in [-0.1, -0.05) is 30.3 Å². The van der Waals surface area contributed by atoms with Crippen LogP contribution in [-0.2, 0) is 6.61 Å². The number of carbonyl (C=O) groups excluding carboxylic acids is 1. The molecule has 3 aromatic carbocycles. The second-order valence-electron chi connectivity index (χ2n) is 6.27. The second kappa shape index (κ2) is 8.95. The molecular weight excluding hydrogens is 354 g/mol. The zero-order chi connectivity index (χ0) is 19.9. The number of amides is 1. The first-order valence-corrected chi connectivity index (χ1v) is 8.91. The first-order valence-electron chi connectivity index (χ1n) is 8.91. The fraction of sp³-hybridized carbons (Fsp3) is 0.174. The second-order valence-corrected chi connectivity index (χ2v) is 6.27. The van der Waals surface area contributed by atoms with E-state index in [-0.39, 0.29) is 5.91 Å². The van der Waals surface area contributed by atoms with Gasteiger partial charge in [-0.15, -0.1) is 0 Å². The quantitative estimate of drug-likeness (QED) is 0.640. The number of anilines is 1. The highest BCUT2D eigenvalue weighted by molar-refractivity contribution is 6.04. The van der Waals surface area contributed by atoms with Crippen molar-refractivity contribution in [1.29, 1.82) is 0 Å². The van der Waals surface area contributed by atoms with E-state index in [0.29, 0.717) is 29.4 Å². The number of para-hydroxylation sites is 1. The van der Waals surface area contributed by atoms with Crippen LogP contribution in [0.5, 0.6) is 17.2 Å². The van der Waals surface area contributed by atoms with Gasteiger partial charge in [-0.2, -0.15) is 0 Å². The van der Waals surface area contributed by atoms with Gasteiger partial charge in [0.25, 0.3) is 5.91 Å². The van der Waals surface area contributed by atoms with Crippen molar-refractivity contribution in [2.24, 2.45) is 0 Å². The molecule has 144 valence electrons. The van der Waals surface area contributed by atoms with Gasteiger partial charge in [0.05, 0.1) is 14.2 Å². The van der Waals surface area contributed by atoms with Crippen LogP contribution in [0.15, 0.2) is 66.7 Å². The summed E-state index contributed by atoms with van der Waals surface area (Å²) in [6.07, 6.45) is 0. The Morgan fingerprint density at radius 3 is 2.18 bits per heavy atom. The Kier molecular flexibility index (Phi) is 6.17. The van der Waals surface area contributed by atoms with Gasteiger partial charge < -0.3 is 19.5 Å². The van der Waals surface area contributed by atoms with E-state index in [9.17, 15) is 4.79 Å². The normalized spacial score (nSPS) is 10.2. The van der Waals surface area contributed by atoms with Gasteiger partial charge in [0.15, 0.2) is 11.5 Å². The summed E-state index contributed by atoms with van der Waals surface area (Å²) in [6, 6.07) is 20.6. The first kappa shape index (κ1) is 19.3. The van der Waals surface area contributed by atoms with Crippen molar-refractivity contribution in [3.63, 3.8) is 0 Å². The molecule has 3 aromatic rings. The Morgan fingerprint density at radius 1 is 0.893 bits per heavy atom. The molecule has 0 saturated heterocycles. The lowest BCUT2D eigenvalue weighted by Gasteiger charge is -2.14. The summed E-state index contributed by atoms with van der Waals surface area (Å²) >= 11 is 0. The molecule has 5 heteroatoms. The topological polar surface area (TPSA) is 56.8 Å². The van der Waals surface area contributed by atoms with Crippen LogP contribution in [0, 0.1) is 6.92 Å². The molecule has 0 unspecified atom stereocenters. The van der Waals surface area contributed by atoms with Crippen LogP contribution in [0.3, 0.4) is 0 Å². The number of hydrogen-bond donors (Lipinski definition) is 1. The maximum absolute atomic E-state index is 12.6. The Morgan fingerprint density at radius 2 is 1.54 bits per heavy atom. The minimum absolute atomic E-state index is 0.189. The van der Waals surface area contributed by atoms with Crippen molar-refractivity contribution < 1.29 is 19.0 Å². The number of nitrogens with one attached hydrogen (secondary N) is 1. The van der Waals surface area contributed by atoms with Gasteiger partial charge in [0.2, 0.25) is 0 Å². The third-order valence-electron chi connectivity index (χ3n) is 4.34. The van der Waals surface area contributed by atoms with E-state index in [0.717, 1.165) is 16.9 Å². The molecule has 0 saturated carbocycles. The van der Waals surface area contributed by atoms with Gasteiger partial charge in [0, 0.05) is 17.3 Å². The summed E-state index contributed by atoms with van der Waals surface area (Å²) in [6.45, 7) is 2.35. The summed E-state index contributed by atoms with van der Waals surface area (Å²) in [5.41, 5.74) is 3.12. The molecule has 3 rings (SSSR count). The largest absolute Gasteiger partial charge is 0.493 e. The van der Waals surface area contributed by atoms with Crippen molar-refractivity contribution in [3.05, 3.63) is 83.4 Å². The molecule has 0 fully saturated rings. The third kappa shape index (κ3) is 4.62. The van der Waals surface area contributed by atoms with Gasteiger partial charge in [-0.05, 0) is 48.4 Å². The Hall–Kier alpha value is -3.47. The molecule has 0 aliphatic rings. The highest BCUT2D eigenvalue weighted by atomic mass is 16.5. The summed E-state index contributed by atoms with van der Waals surface area (Å²) < 4.78 is 16.3. The van der Waals surface area contributed by atoms with Crippen LogP contribution in [0.4, 0.5) is 5.69 Å². The monoisotopic (exact) mass is 377 g/mol. The van der Waals surface area contributed by atoms with Crippen molar-refractivity contribution in [2.45, 2.75) is 13.5 Å². The van der Waals surface area contributed by atoms with E-state index in [1.54, 1.807) is 32.4 Å². The molecule has 0 heterocycles. The molecule has 0 atom stereocenters. The molecule has 5 nitrogen and oxygen atoms in total. The van der Waals surface area contributed by atoms with Crippen LogP contribution in [0.2, 0.25) is 0 Å². The predicted molar refractivity (Wildman–Crippen MR) is 109 cm³/mol. The molecule has 0 aromatic heterocycles. The predicted octanol–water partition coefficient (Wildman–Crippen LogP) is 4.84. The fourth-order valence-corrected chi connectivity index (χ4v) is 2.75. The number of ether oxygens (including phenoxy) is 3. The van der Waals surface area contributed by atoms with Gasteiger partial charge in [-0.3, -0.25) is 4.79 Å². The molecule has 1 amide bonds. The lowest BCUT2D eigenvalue weighted by atomic mass is 10.1. The van der Waals surface area contributed by atoms with Gasteiger partial charge >= 0.3 is 0 Å².